The highest BCUT2D eigenvalue weighted by atomic mass is 79.9. The van der Waals surface area contributed by atoms with Gasteiger partial charge in [0.25, 0.3) is 0 Å². The van der Waals surface area contributed by atoms with Gasteiger partial charge >= 0.3 is 6.09 Å². The number of nitrogens with zero attached hydrogens (tertiary/aromatic N) is 2. The smallest absolute Gasteiger partial charge is 0.407 e. The Bertz CT molecular complexity index is 452. The van der Waals surface area contributed by atoms with Crippen molar-refractivity contribution in [2.24, 2.45) is 0 Å². The maximum absolute atomic E-state index is 11.7. The van der Waals surface area contributed by atoms with Crippen LogP contribution in [-0.2, 0) is 11.2 Å². The van der Waals surface area contributed by atoms with Gasteiger partial charge in [-0.1, -0.05) is 22.0 Å². The van der Waals surface area contributed by atoms with Gasteiger partial charge in [-0.3, -0.25) is 4.79 Å². The highest BCUT2D eigenvalue weighted by Gasteiger charge is 2.32. The number of carbonyl (C=O) groups is 2. The highest BCUT2D eigenvalue weighted by Crippen LogP contribution is 2.18. The topological polar surface area (TPSA) is 60.9 Å². The summed E-state index contributed by atoms with van der Waals surface area (Å²) in [5, 5.41) is 11.5. The van der Waals surface area contributed by atoms with Crippen molar-refractivity contribution in [3.05, 3.63) is 22.4 Å². The average molecular weight is 347 g/mol. The summed E-state index contributed by atoms with van der Waals surface area (Å²) >= 11 is 4.77. The van der Waals surface area contributed by atoms with Gasteiger partial charge in [-0.05, 0) is 11.4 Å². The molecule has 7 heteroatoms. The van der Waals surface area contributed by atoms with Gasteiger partial charge in [0.1, 0.15) is 0 Å². The van der Waals surface area contributed by atoms with E-state index in [-0.39, 0.29) is 17.3 Å². The summed E-state index contributed by atoms with van der Waals surface area (Å²) in [6, 6.07) is 3.79. The van der Waals surface area contributed by atoms with Gasteiger partial charge in [-0.15, -0.1) is 11.3 Å². The second-order valence-corrected chi connectivity index (χ2v) is 5.98. The SMILES string of the molecule is O=C(CBr)N1CCN(C(=O)O)C(Cc2cccs2)C1. The molecule has 1 unspecified atom stereocenters. The molecule has 1 N–H and O–H groups in total. The van der Waals surface area contributed by atoms with Crippen molar-refractivity contribution in [2.45, 2.75) is 12.5 Å². The molecule has 2 heterocycles. The fourth-order valence-electron chi connectivity index (χ4n) is 2.25. The predicted octanol–water partition coefficient (Wildman–Crippen LogP) is 1.88. The molecule has 0 aromatic carbocycles. The van der Waals surface area contributed by atoms with Crippen LogP contribution in [-0.4, -0.2) is 57.9 Å². The van der Waals surface area contributed by atoms with E-state index in [1.54, 1.807) is 16.2 Å². The third kappa shape index (κ3) is 3.48. The van der Waals surface area contributed by atoms with E-state index in [9.17, 15) is 14.7 Å². The predicted molar refractivity (Wildman–Crippen MR) is 76.9 cm³/mol. The van der Waals surface area contributed by atoms with Crippen LogP contribution in [0.25, 0.3) is 0 Å². The first-order chi connectivity index (χ1) is 9.11. The first-order valence-corrected chi connectivity index (χ1v) is 7.97. The van der Waals surface area contributed by atoms with E-state index in [0.29, 0.717) is 26.1 Å². The normalized spacial score (nSPS) is 19.5. The van der Waals surface area contributed by atoms with E-state index in [2.05, 4.69) is 15.9 Å². The number of halogens is 1. The molecule has 0 aliphatic carbocycles. The van der Waals surface area contributed by atoms with Crippen molar-refractivity contribution in [2.75, 3.05) is 25.0 Å². The van der Waals surface area contributed by atoms with Crippen molar-refractivity contribution in [3.63, 3.8) is 0 Å². The van der Waals surface area contributed by atoms with Crippen molar-refractivity contribution >= 4 is 39.3 Å². The fourth-order valence-corrected chi connectivity index (χ4v) is 3.39. The summed E-state index contributed by atoms with van der Waals surface area (Å²) in [5.41, 5.74) is 0. The number of amides is 2. The molecule has 0 bridgehead atoms. The summed E-state index contributed by atoms with van der Waals surface area (Å²) in [4.78, 5) is 27.3. The van der Waals surface area contributed by atoms with Crippen LogP contribution in [0.1, 0.15) is 4.88 Å². The molecular formula is C12H15BrN2O3S. The number of rotatable bonds is 3. The Morgan fingerprint density at radius 3 is 2.84 bits per heavy atom. The molecule has 104 valence electrons. The summed E-state index contributed by atoms with van der Waals surface area (Å²) in [5.74, 6) is 0.0150. The van der Waals surface area contributed by atoms with Crippen LogP contribution >= 0.6 is 27.3 Å². The Hall–Kier alpha value is -1.08. The van der Waals surface area contributed by atoms with Gasteiger partial charge in [0.05, 0.1) is 11.4 Å². The number of alkyl halides is 1. The van der Waals surface area contributed by atoms with Crippen LogP contribution in [0.3, 0.4) is 0 Å². The third-order valence-electron chi connectivity index (χ3n) is 3.21. The van der Waals surface area contributed by atoms with E-state index < -0.39 is 6.09 Å². The maximum atomic E-state index is 11.7. The number of carbonyl (C=O) groups excluding carboxylic acids is 1. The Kier molecular flexibility index (Phi) is 4.81. The van der Waals surface area contributed by atoms with Gasteiger partial charge in [0.15, 0.2) is 0 Å². The Morgan fingerprint density at radius 1 is 1.47 bits per heavy atom. The molecule has 0 radical (unpaired) electrons. The molecule has 19 heavy (non-hydrogen) atoms. The number of carboxylic acid groups (broad SMARTS) is 1. The van der Waals surface area contributed by atoms with Gasteiger partial charge in [-0.25, -0.2) is 4.79 Å². The van der Waals surface area contributed by atoms with Crippen molar-refractivity contribution < 1.29 is 14.7 Å². The zero-order chi connectivity index (χ0) is 13.8. The molecular weight excluding hydrogens is 332 g/mol. The Morgan fingerprint density at radius 2 is 2.26 bits per heavy atom. The minimum atomic E-state index is -0.910. The van der Waals surface area contributed by atoms with Gasteiger partial charge in [0, 0.05) is 30.9 Å². The second kappa shape index (κ2) is 6.38. The minimum Gasteiger partial charge on any atom is -0.465 e. The quantitative estimate of drug-likeness (QED) is 0.850. The molecule has 1 aliphatic heterocycles. The number of piperazine rings is 1. The van der Waals surface area contributed by atoms with Crippen LogP contribution in [0.15, 0.2) is 17.5 Å². The van der Waals surface area contributed by atoms with E-state index in [4.69, 9.17) is 0 Å². The lowest BCUT2D eigenvalue weighted by molar-refractivity contribution is -0.130. The summed E-state index contributed by atoms with van der Waals surface area (Å²) < 4.78 is 0. The summed E-state index contributed by atoms with van der Waals surface area (Å²) in [6.45, 7) is 1.32. The molecule has 1 aromatic heterocycles. The molecule has 2 amide bonds. The fraction of sp³-hybridized carbons (Fsp3) is 0.500. The van der Waals surface area contributed by atoms with Gasteiger partial charge < -0.3 is 14.9 Å². The Balaban J connectivity index is 2.08. The molecule has 1 aromatic rings. The molecule has 1 saturated heterocycles. The lowest BCUT2D eigenvalue weighted by Gasteiger charge is -2.39. The Labute approximate surface area is 123 Å². The lowest BCUT2D eigenvalue weighted by atomic mass is 10.1. The maximum Gasteiger partial charge on any atom is 0.407 e. The zero-order valence-electron chi connectivity index (χ0n) is 10.3. The third-order valence-corrected chi connectivity index (χ3v) is 4.59. The lowest BCUT2D eigenvalue weighted by Crippen LogP contribution is -2.57. The number of thiophene rings is 1. The van der Waals surface area contributed by atoms with E-state index >= 15 is 0 Å². The minimum absolute atomic E-state index is 0.0150. The van der Waals surface area contributed by atoms with Crippen molar-refractivity contribution in [1.82, 2.24) is 9.80 Å². The highest BCUT2D eigenvalue weighted by molar-refractivity contribution is 9.09. The van der Waals surface area contributed by atoms with E-state index in [1.807, 2.05) is 17.5 Å². The summed E-state index contributed by atoms with van der Waals surface area (Å²) in [6.07, 6.45) is -0.247. The van der Waals surface area contributed by atoms with Gasteiger partial charge in [0.2, 0.25) is 5.91 Å². The van der Waals surface area contributed by atoms with Crippen LogP contribution < -0.4 is 0 Å². The first-order valence-electron chi connectivity index (χ1n) is 5.97. The van der Waals surface area contributed by atoms with Crippen LogP contribution in [0.4, 0.5) is 4.79 Å². The van der Waals surface area contributed by atoms with Gasteiger partial charge in [-0.2, -0.15) is 0 Å². The molecule has 1 fully saturated rings. The molecule has 0 spiro atoms. The van der Waals surface area contributed by atoms with Crippen LogP contribution in [0, 0.1) is 0 Å². The molecule has 5 nitrogen and oxygen atoms in total. The monoisotopic (exact) mass is 346 g/mol. The second-order valence-electron chi connectivity index (χ2n) is 4.39. The van der Waals surface area contributed by atoms with Crippen LogP contribution in [0.5, 0.6) is 0 Å². The standard InChI is InChI=1S/C12H15BrN2O3S/c13-7-11(16)14-3-4-15(12(17)18)9(8-14)6-10-2-1-5-19-10/h1-2,5,9H,3-4,6-8H2,(H,17,18). The molecule has 0 saturated carbocycles. The molecule has 1 aliphatic rings. The summed E-state index contributed by atoms with van der Waals surface area (Å²) in [7, 11) is 0. The van der Waals surface area contributed by atoms with E-state index in [1.165, 1.54) is 4.90 Å². The number of hydrogen-bond donors (Lipinski definition) is 1. The average Bonchev–Trinajstić information content (AvgIpc) is 2.90. The van der Waals surface area contributed by atoms with Crippen LogP contribution in [0.2, 0.25) is 0 Å². The largest absolute Gasteiger partial charge is 0.465 e. The zero-order valence-corrected chi connectivity index (χ0v) is 12.7. The molecule has 1 atom stereocenters. The number of hydrogen-bond acceptors (Lipinski definition) is 3. The van der Waals surface area contributed by atoms with Crippen molar-refractivity contribution in [1.29, 1.82) is 0 Å². The van der Waals surface area contributed by atoms with Crippen molar-refractivity contribution in [3.8, 4) is 0 Å². The van der Waals surface area contributed by atoms with E-state index in [0.717, 1.165) is 4.88 Å². The molecule has 2 rings (SSSR count). The first kappa shape index (κ1) is 14.3.